The van der Waals surface area contributed by atoms with E-state index in [0.717, 1.165) is 33.6 Å². The summed E-state index contributed by atoms with van der Waals surface area (Å²) in [5.41, 5.74) is 13.7. The van der Waals surface area contributed by atoms with Gasteiger partial charge in [0.25, 0.3) is 0 Å². The van der Waals surface area contributed by atoms with Gasteiger partial charge in [-0.3, -0.25) is 0 Å². The predicted molar refractivity (Wildman–Crippen MR) is 232 cm³/mol. The van der Waals surface area contributed by atoms with E-state index >= 15 is 0 Å². The van der Waals surface area contributed by atoms with Crippen LogP contribution in [0.5, 0.6) is 11.5 Å². The first-order valence-corrected chi connectivity index (χ1v) is 20.0. The molecule has 0 bridgehead atoms. The molecular weight excluding hydrogens is 701 g/mol. The van der Waals surface area contributed by atoms with Gasteiger partial charge in [-0.1, -0.05) is 140 Å². The number of para-hydroxylation sites is 1. The van der Waals surface area contributed by atoms with Crippen LogP contribution in [0.2, 0.25) is 0 Å². The highest BCUT2D eigenvalue weighted by molar-refractivity contribution is 7.25. The van der Waals surface area contributed by atoms with Gasteiger partial charge in [-0.05, 0) is 97.7 Å². The zero-order valence-electron chi connectivity index (χ0n) is 30.0. The molecule has 0 atom stereocenters. The third kappa shape index (κ3) is 4.00. The lowest BCUT2D eigenvalue weighted by Crippen LogP contribution is -2.32. The van der Waals surface area contributed by atoms with Gasteiger partial charge in [-0.25, -0.2) is 0 Å². The molecule has 0 saturated carbocycles. The molecule has 13 rings (SSSR count). The first-order valence-electron chi connectivity index (χ1n) is 19.1. The number of furan rings is 1. The number of fused-ring (bicyclic) bond motifs is 16. The molecule has 3 heterocycles. The summed E-state index contributed by atoms with van der Waals surface area (Å²) in [6.07, 6.45) is 0. The van der Waals surface area contributed by atoms with Gasteiger partial charge in [0.05, 0.1) is 5.41 Å². The van der Waals surface area contributed by atoms with Gasteiger partial charge in [0, 0.05) is 42.1 Å². The number of hydrogen-bond acceptors (Lipinski definition) is 3. The van der Waals surface area contributed by atoms with E-state index in [1.165, 1.54) is 86.4 Å². The molecule has 0 fully saturated rings. The van der Waals surface area contributed by atoms with E-state index in [-0.39, 0.29) is 0 Å². The lowest BCUT2D eigenvalue weighted by Gasteiger charge is -2.39. The van der Waals surface area contributed by atoms with Crippen LogP contribution in [0.25, 0.3) is 86.3 Å². The first kappa shape index (κ1) is 30.4. The first-order chi connectivity index (χ1) is 27.7. The molecule has 0 N–H and O–H groups in total. The van der Waals surface area contributed by atoms with E-state index in [0.29, 0.717) is 0 Å². The number of rotatable bonds is 2. The summed E-state index contributed by atoms with van der Waals surface area (Å²) in [6.45, 7) is 0. The average Bonchev–Trinajstić information content (AvgIpc) is 3.90. The second-order valence-electron chi connectivity index (χ2n) is 15.2. The maximum atomic E-state index is 6.82. The summed E-state index contributed by atoms with van der Waals surface area (Å²) in [5.74, 6) is 1.81. The number of benzene rings is 9. The van der Waals surface area contributed by atoms with Crippen molar-refractivity contribution < 1.29 is 9.15 Å². The van der Waals surface area contributed by atoms with Crippen LogP contribution in [-0.4, -0.2) is 0 Å². The Morgan fingerprint density at radius 2 is 0.964 bits per heavy atom. The topological polar surface area (TPSA) is 22.4 Å². The number of ether oxygens (including phenoxy) is 1. The van der Waals surface area contributed by atoms with E-state index in [1.807, 2.05) is 11.3 Å². The summed E-state index contributed by atoms with van der Waals surface area (Å²) in [5, 5.41) is 7.28. The van der Waals surface area contributed by atoms with Crippen LogP contribution in [-0.2, 0) is 5.41 Å². The van der Waals surface area contributed by atoms with E-state index < -0.39 is 5.41 Å². The van der Waals surface area contributed by atoms with E-state index in [1.54, 1.807) is 0 Å². The molecule has 9 aromatic carbocycles. The zero-order chi connectivity index (χ0) is 36.5. The second kappa shape index (κ2) is 11.1. The van der Waals surface area contributed by atoms with Crippen molar-refractivity contribution in [2.75, 3.05) is 0 Å². The Morgan fingerprint density at radius 3 is 1.75 bits per heavy atom. The Labute approximate surface area is 326 Å². The minimum atomic E-state index is -0.454. The van der Waals surface area contributed by atoms with Gasteiger partial charge in [0.1, 0.15) is 22.7 Å². The van der Waals surface area contributed by atoms with Crippen molar-refractivity contribution in [3.8, 4) is 44.9 Å². The molecule has 0 amide bonds. The summed E-state index contributed by atoms with van der Waals surface area (Å²) in [4.78, 5) is 0. The highest BCUT2D eigenvalue weighted by Gasteiger charge is 2.50. The van der Waals surface area contributed by atoms with E-state index in [4.69, 9.17) is 9.15 Å². The van der Waals surface area contributed by atoms with Crippen LogP contribution >= 0.6 is 11.3 Å². The molecule has 1 aliphatic heterocycles. The molecule has 1 spiro atoms. The van der Waals surface area contributed by atoms with Crippen LogP contribution in [0.3, 0.4) is 0 Å². The molecule has 2 aromatic heterocycles. The van der Waals surface area contributed by atoms with E-state index in [2.05, 4.69) is 182 Å². The highest BCUT2D eigenvalue weighted by atomic mass is 32.1. The Morgan fingerprint density at radius 1 is 0.375 bits per heavy atom. The smallest absolute Gasteiger partial charge is 0.136 e. The Bertz CT molecular complexity index is 3430. The molecule has 2 aliphatic rings. The SMILES string of the molecule is c1ccc2c(c1)Oc1cc(-c3ccc4c(c3)sc3cc(-c5cccc6oc7cc8ccccc8cc7c56)ccc34)ccc1C21c2ccccc2-c2ccccc21. The van der Waals surface area contributed by atoms with Gasteiger partial charge < -0.3 is 9.15 Å². The lowest BCUT2D eigenvalue weighted by molar-refractivity contribution is 0.436. The van der Waals surface area contributed by atoms with Gasteiger partial charge in [-0.15, -0.1) is 11.3 Å². The quantitative estimate of drug-likeness (QED) is 0.177. The van der Waals surface area contributed by atoms with Crippen molar-refractivity contribution in [3.05, 3.63) is 204 Å². The van der Waals surface area contributed by atoms with Crippen molar-refractivity contribution in [2.24, 2.45) is 0 Å². The molecule has 11 aromatic rings. The molecule has 0 unspecified atom stereocenters. The Balaban J connectivity index is 0.938. The van der Waals surface area contributed by atoms with Crippen molar-refractivity contribution in [1.29, 1.82) is 0 Å². The standard InChI is InChI=1S/C53H30O2S/c1-2-11-32-27-48-41(26-31(32)10-1)52-36(14-9-19-47(52)55-48)35-21-24-40-39-23-20-34(29-50(39)56-51(40)30-35)33-22-25-45-49(28-33)54-46-18-8-7-17-44(46)53(45)42-15-5-3-12-37(42)38-13-4-6-16-43(38)53/h1-30H. The normalized spacial score (nSPS) is 13.6. The summed E-state index contributed by atoms with van der Waals surface area (Å²) in [7, 11) is 0. The third-order valence-corrected chi connectivity index (χ3v) is 13.4. The Hall–Kier alpha value is -6.94. The zero-order valence-corrected chi connectivity index (χ0v) is 30.9. The van der Waals surface area contributed by atoms with Gasteiger partial charge in [0.2, 0.25) is 0 Å². The molecule has 56 heavy (non-hydrogen) atoms. The fourth-order valence-corrected chi connectivity index (χ4v) is 11.1. The van der Waals surface area contributed by atoms with Crippen molar-refractivity contribution in [2.45, 2.75) is 5.41 Å². The molecular formula is C53H30O2S. The maximum absolute atomic E-state index is 6.82. The summed E-state index contributed by atoms with van der Waals surface area (Å²) >= 11 is 1.86. The van der Waals surface area contributed by atoms with Crippen molar-refractivity contribution in [1.82, 2.24) is 0 Å². The van der Waals surface area contributed by atoms with Gasteiger partial charge >= 0.3 is 0 Å². The molecule has 2 nitrogen and oxygen atoms in total. The summed E-state index contributed by atoms with van der Waals surface area (Å²) in [6, 6.07) is 66.4. The maximum Gasteiger partial charge on any atom is 0.136 e. The minimum Gasteiger partial charge on any atom is -0.457 e. The molecule has 1 aliphatic carbocycles. The molecule has 0 radical (unpaired) electrons. The summed E-state index contributed by atoms with van der Waals surface area (Å²) < 4.78 is 15.8. The largest absolute Gasteiger partial charge is 0.457 e. The average molecular weight is 731 g/mol. The Kier molecular flexibility index (Phi) is 6.01. The van der Waals surface area contributed by atoms with Crippen LogP contribution in [0, 0.1) is 0 Å². The lowest BCUT2D eigenvalue weighted by atomic mass is 9.66. The van der Waals surface area contributed by atoms with Crippen LogP contribution in [0.15, 0.2) is 186 Å². The fraction of sp³-hybridized carbons (Fsp3) is 0.0189. The number of thiophene rings is 1. The second-order valence-corrected chi connectivity index (χ2v) is 16.2. The third-order valence-electron chi connectivity index (χ3n) is 12.3. The molecule has 260 valence electrons. The monoisotopic (exact) mass is 730 g/mol. The number of hydrogen-bond donors (Lipinski definition) is 0. The van der Waals surface area contributed by atoms with Gasteiger partial charge in [0.15, 0.2) is 0 Å². The van der Waals surface area contributed by atoms with Crippen molar-refractivity contribution in [3.63, 3.8) is 0 Å². The predicted octanol–water partition coefficient (Wildman–Crippen LogP) is 14.9. The van der Waals surface area contributed by atoms with Crippen LogP contribution < -0.4 is 4.74 Å². The minimum absolute atomic E-state index is 0.454. The van der Waals surface area contributed by atoms with Crippen LogP contribution in [0.1, 0.15) is 22.3 Å². The van der Waals surface area contributed by atoms with Crippen LogP contribution in [0.4, 0.5) is 0 Å². The molecule has 3 heteroatoms. The van der Waals surface area contributed by atoms with Crippen molar-refractivity contribution >= 4 is 64.2 Å². The molecule has 0 saturated heterocycles. The highest BCUT2D eigenvalue weighted by Crippen LogP contribution is 2.62. The van der Waals surface area contributed by atoms with Gasteiger partial charge in [-0.2, -0.15) is 0 Å². The van der Waals surface area contributed by atoms with E-state index in [9.17, 15) is 0 Å². The fourth-order valence-electron chi connectivity index (χ4n) is 9.92.